The molecule has 0 fully saturated rings. The summed E-state index contributed by atoms with van der Waals surface area (Å²) in [6, 6.07) is 11.1. The molecule has 8 nitrogen and oxygen atoms in total. The Kier molecular flexibility index (Phi) is 9.81. The van der Waals surface area contributed by atoms with Crippen LogP contribution in [0.25, 0.3) is 0 Å². The van der Waals surface area contributed by atoms with E-state index in [2.05, 4.69) is 4.74 Å². The Labute approximate surface area is 189 Å². The van der Waals surface area contributed by atoms with Crippen LogP contribution in [0, 0.1) is 5.41 Å². The fourth-order valence-corrected chi connectivity index (χ4v) is 2.05. The molecule has 0 bridgehead atoms. The Morgan fingerprint density at radius 2 is 1.17 bits per heavy atom. The first kappa shape index (κ1) is 24.1. The van der Waals surface area contributed by atoms with Crippen LogP contribution in [0.15, 0.2) is 48.5 Å². The SMILES string of the molecule is N=C(CCC(=O)OC(=O)c1ccc(C=O)cc1)OC(=O)c1ccc(C=O)cc1.[H-].[Na+]. The van der Waals surface area contributed by atoms with E-state index in [1.54, 1.807) is 0 Å². The number of carbonyl (C=O) groups is 5. The smallest absolute Gasteiger partial charge is 1.00 e. The minimum absolute atomic E-state index is 0. The molecule has 9 heteroatoms. The van der Waals surface area contributed by atoms with E-state index in [9.17, 15) is 24.0 Å². The van der Waals surface area contributed by atoms with Crippen LogP contribution in [-0.4, -0.2) is 36.4 Å². The summed E-state index contributed by atoms with van der Waals surface area (Å²) in [5, 5.41) is 7.61. The maximum atomic E-state index is 11.9. The first-order chi connectivity index (χ1) is 13.4. The second-order valence-electron chi connectivity index (χ2n) is 5.55. The van der Waals surface area contributed by atoms with Crippen molar-refractivity contribution in [3.05, 3.63) is 70.8 Å². The summed E-state index contributed by atoms with van der Waals surface area (Å²) in [4.78, 5) is 56.5. The minimum Gasteiger partial charge on any atom is -1.00 e. The second-order valence-corrected chi connectivity index (χ2v) is 5.55. The second kappa shape index (κ2) is 11.8. The first-order valence-corrected chi connectivity index (χ1v) is 8.08. The van der Waals surface area contributed by atoms with E-state index in [4.69, 9.17) is 10.1 Å². The third kappa shape index (κ3) is 7.53. The van der Waals surface area contributed by atoms with Crippen LogP contribution in [0.4, 0.5) is 0 Å². The van der Waals surface area contributed by atoms with Gasteiger partial charge in [-0.25, -0.2) is 9.59 Å². The van der Waals surface area contributed by atoms with E-state index in [-0.39, 0.29) is 55.0 Å². The van der Waals surface area contributed by atoms with Gasteiger partial charge >= 0.3 is 47.5 Å². The molecule has 0 spiro atoms. The molecule has 1 N–H and O–H groups in total. The maximum Gasteiger partial charge on any atom is 1.00 e. The van der Waals surface area contributed by atoms with E-state index in [1.165, 1.54) is 48.5 Å². The molecular weight excluding hydrogens is 389 g/mol. The molecule has 0 unspecified atom stereocenters. The van der Waals surface area contributed by atoms with Crippen molar-refractivity contribution in [1.82, 2.24) is 0 Å². The van der Waals surface area contributed by atoms with Crippen molar-refractivity contribution in [1.29, 1.82) is 5.41 Å². The van der Waals surface area contributed by atoms with Gasteiger partial charge in [-0.1, -0.05) is 24.3 Å². The quantitative estimate of drug-likeness (QED) is 0.168. The van der Waals surface area contributed by atoms with Crippen LogP contribution in [0.5, 0.6) is 0 Å². The number of rotatable bonds is 7. The number of hydrogen-bond acceptors (Lipinski definition) is 8. The Hall–Kier alpha value is -2.94. The van der Waals surface area contributed by atoms with E-state index < -0.39 is 23.8 Å². The molecule has 0 aliphatic heterocycles. The summed E-state index contributed by atoms with van der Waals surface area (Å²) in [6.07, 6.45) is 0.660. The molecule has 144 valence electrons. The number of esters is 3. The fraction of sp³-hybridized carbons (Fsp3) is 0.100. The van der Waals surface area contributed by atoms with Crippen LogP contribution in [0.1, 0.15) is 55.7 Å². The summed E-state index contributed by atoms with van der Waals surface area (Å²) >= 11 is 0. The van der Waals surface area contributed by atoms with Gasteiger partial charge in [-0.2, -0.15) is 0 Å². The molecule has 2 rings (SSSR count). The topological polar surface area (TPSA) is 128 Å². The van der Waals surface area contributed by atoms with Crippen molar-refractivity contribution in [3.8, 4) is 0 Å². The van der Waals surface area contributed by atoms with Crippen LogP contribution >= 0.6 is 0 Å². The molecule has 0 amide bonds. The minimum atomic E-state index is -0.888. The van der Waals surface area contributed by atoms with Gasteiger partial charge in [0, 0.05) is 17.5 Å². The number of nitrogens with one attached hydrogen (secondary N) is 1. The van der Waals surface area contributed by atoms with Gasteiger partial charge in [-0.15, -0.1) is 0 Å². The largest absolute Gasteiger partial charge is 1.00 e. The van der Waals surface area contributed by atoms with Crippen LogP contribution in [0.2, 0.25) is 0 Å². The van der Waals surface area contributed by atoms with Crippen molar-refractivity contribution in [3.63, 3.8) is 0 Å². The zero-order chi connectivity index (χ0) is 20.5. The van der Waals surface area contributed by atoms with Crippen LogP contribution in [-0.2, 0) is 14.3 Å². The standard InChI is InChI=1S/C20H15NO7.Na.H/c21-17(27-19(25)15-5-1-13(11-22)2-6-15)9-10-18(24)28-20(26)16-7-3-14(12-23)4-8-16;;/h1-8,11-12,21H,9-10H2;;/q;+1;-1. The molecule has 0 aliphatic carbocycles. The Bertz CT molecular complexity index is 850. The predicted octanol–water partition coefficient (Wildman–Crippen LogP) is -0.274. The molecule has 2 aromatic carbocycles. The van der Waals surface area contributed by atoms with E-state index in [0.717, 1.165) is 0 Å². The first-order valence-electron chi connectivity index (χ1n) is 8.08. The van der Waals surface area contributed by atoms with E-state index in [1.807, 2.05) is 0 Å². The average molecular weight is 405 g/mol. The van der Waals surface area contributed by atoms with Crippen molar-refractivity contribution < 1.29 is 64.4 Å². The summed E-state index contributed by atoms with van der Waals surface area (Å²) < 4.78 is 9.44. The van der Waals surface area contributed by atoms with Gasteiger partial charge < -0.3 is 10.9 Å². The maximum absolute atomic E-state index is 11.9. The van der Waals surface area contributed by atoms with Gasteiger partial charge in [0.05, 0.1) is 17.5 Å². The summed E-state index contributed by atoms with van der Waals surface area (Å²) in [5.41, 5.74) is 1.00. The number of benzene rings is 2. The zero-order valence-corrected chi connectivity index (χ0v) is 17.5. The van der Waals surface area contributed by atoms with Gasteiger partial charge in [-0.05, 0) is 24.3 Å². The summed E-state index contributed by atoms with van der Waals surface area (Å²) in [6.45, 7) is 0. The van der Waals surface area contributed by atoms with Crippen molar-refractivity contribution in [2.45, 2.75) is 12.8 Å². The summed E-state index contributed by atoms with van der Waals surface area (Å²) in [5.74, 6) is -3.05. The Balaban J connectivity index is 0.00000420. The Morgan fingerprint density at radius 1 is 0.759 bits per heavy atom. The van der Waals surface area contributed by atoms with Crippen molar-refractivity contribution in [2.75, 3.05) is 0 Å². The molecule has 0 saturated heterocycles. The molecule has 0 radical (unpaired) electrons. The molecule has 0 aliphatic rings. The van der Waals surface area contributed by atoms with E-state index >= 15 is 0 Å². The fourth-order valence-electron chi connectivity index (χ4n) is 2.05. The molecule has 2 aromatic rings. The van der Waals surface area contributed by atoms with Crippen LogP contribution < -0.4 is 29.6 Å². The molecule has 0 aromatic heterocycles. The van der Waals surface area contributed by atoms with Gasteiger partial charge in [0.1, 0.15) is 12.6 Å². The van der Waals surface area contributed by atoms with Crippen LogP contribution in [0.3, 0.4) is 0 Å². The average Bonchev–Trinajstić information content (AvgIpc) is 2.72. The number of hydrogen-bond donors (Lipinski definition) is 1. The van der Waals surface area contributed by atoms with E-state index in [0.29, 0.717) is 23.7 Å². The Morgan fingerprint density at radius 3 is 1.59 bits per heavy atom. The van der Waals surface area contributed by atoms with Gasteiger partial charge in [0.25, 0.3) is 0 Å². The van der Waals surface area contributed by atoms with Crippen molar-refractivity contribution in [2.24, 2.45) is 0 Å². The van der Waals surface area contributed by atoms with Crippen molar-refractivity contribution >= 4 is 36.4 Å². The zero-order valence-electron chi connectivity index (χ0n) is 16.5. The van der Waals surface area contributed by atoms with Gasteiger partial charge in [-0.3, -0.25) is 19.8 Å². The molecule has 0 saturated carbocycles. The monoisotopic (exact) mass is 405 g/mol. The number of carbonyl (C=O) groups excluding carboxylic acids is 5. The summed E-state index contributed by atoms with van der Waals surface area (Å²) in [7, 11) is 0. The predicted molar refractivity (Wildman–Crippen MR) is 97.6 cm³/mol. The normalized spacial score (nSPS) is 9.52. The number of ether oxygens (including phenoxy) is 2. The molecular formula is C20H16NNaO7. The molecule has 29 heavy (non-hydrogen) atoms. The molecule has 0 heterocycles. The third-order valence-electron chi connectivity index (χ3n) is 3.54. The third-order valence-corrected chi connectivity index (χ3v) is 3.54. The van der Waals surface area contributed by atoms with Gasteiger partial charge in [0.2, 0.25) is 0 Å². The number of aldehydes is 2. The van der Waals surface area contributed by atoms with Gasteiger partial charge in [0.15, 0.2) is 5.90 Å². The molecule has 0 atom stereocenters.